The number of carbonyl (C=O) groups is 1. The fraction of sp³-hybridized carbons (Fsp3) is 0.235. The summed E-state index contributed by atoms with van der Waals surface area (Å²) in [6, 6.07) is 19.3. The molecule has 1 amide bonds. The second-order valence-electron chi connectivity index (χ2n) is 5.30. The number of hydrogen-bond donors (Lipinski definition) is 2. The maximum absolute atomic E-state index is 12.1. The Balaban J connectivity index is 0.00000176. The van der Waals surface area contributed by atoms with Crippen LogP contribution in [0, 0.1) is 44.1 Å². The van der Waals surface area contributed by atoms with Crippen LogP contribution in [0.5, 0.6) is 0 Å². The van der Waals surface area contributed by atoms with Gasteiger partial charge in [0, 0.05) is 50.5 Å². The Labute approximate surface area is 166 Å². The quantitative estimate of drug-likeness (QED) is 0.621. The van der Waals surface area contributed by atoms with Gasteiger partial charge >= 0.3 is 0 Å². The molecule has 1 saturated heterocycles. The van der Waals surface area contributed by atoms with E-state index >= 15 is 0 Å². The van der Waals surface area contributed by atoms with Crippen molar-refractivity contribution in [1.29, 1.82) is 0 Å². The van der Waals surface area contributed by atoms with E-state index in [1.165, 1.54) is 0 Å². The molecule has 0 saturated carbocycles. The predicted octanol–water partition coefficient (Wildman–Crippen LogP) is 1.99. The molecule has 1 aliphatic heterocycles. The van der Waals surface area contributed by atoms with Crippen LogP contribution < -0.4 is 5.32 Å². The molecule has 3 rings (SSSR count). The van der Waals surface area contributed by atoms with E-state index in [9.17, 15) is 10.0 Å². The first-order valence-electron chi connectivity index (χ1n) is 7.10. The molecule has 2 aromatic carbocycles. The van der Waals surface area contributed by atoms with Crippen LogP contribution in [-0.4, -0.2) is 28.4 Å². The average molecular weight is 509 g/mol. The minimum Gasteiger partial charge on any atom is -0.284 e. The van der Waals surface area contributed by atoms with Crippen molar-refractivity contribution in [3.05, 3.63) is 71.8 Å². The summed E-state index contributed by atoms with van der Waals surface area (Å²) < 4.78 is 0. The monoisotopic (exact) mass is 509 g/mol. The summed E-state index contributed by atoms with van der Waals surface area (Å²) in [4.78, 5) is 12.1. The van der Waals surface area contributed by atoms with Crippen molar-refractivity contribution in [2.24, 2.45) is 0 Å². The Hall–Kier alpha value is -0.728. The van der Waals surface area contributed by atoms with Gasteiger partial charge in [-0.3, -0.25) is 15.3 Å². The van der Waals surface area contributed by atoms with E-state index < -0.39 is 0 Å². The topological polar surface area (TPSA) is 52.6 Å². The van der Waals surface area contributed by atoms with E-state index in [0.29, 0.717) is 12.8 Å². The molecule has 0 bridgehead atoms. The van der Waals surface area contributed by atoms with E-state index in [2.05, 4.69) is 5.32 Å². The van der Waals surface area contributed by atoms with Crippen molar-refractivity contribution in [1.82, 2.24) is 10.4 Å². The molecule has 0 aromatic heterocycles. The zero-order valence-electron chi connectivity index (χ0n) is 12.2. The molecule has 2 N–H and O–H groups in total. The van der Waals surface area contributed by atoms with Crippen LogP contribution in [0.2, 0.25) is 0 Å². The Kier molecular flexibility index (Phi) is 6.58. The van der Waals surface area contributed by atoms with Gasteiger partial charge in [-0.1, -0.05) is 60.7 Å². The zero-order valence-corrected chi connectivity index (χ0v) is 17.0. The molecule has 111 valence electrons. The standard InChI is InChI=1S/C17H18N2O2.Ac/c20-17-15(11-13-7-3-1-4-8-13)18-16(19(17)21)12-14-9-5-2-6-10-14;/h1-10,15-16,18,21H,11-12H2;. The summed E-state index contributed by atoms with van der Waals surface area (Å²) >= 11 is 0. The summed E-state index contributed by atoms with van der Waals surface area (Å²) in [6.07, 6.45) is 0.810. The smallest absolute Gasteiger partial charge is 0.264 e. The van der Waals surface area contributed by atoms with E-state index in [-0.39, 0.29) is 62.2 Å². The second kappa shape index (κ2) is 8.22. The summed E-state index contributed by atoms with van der Waals surface area (Å²) in [5.74, 6) is -0.264. The van der Waals surface area contributed by atoms with Gasteiger partial charge in [-0.15, -0.1) is 0 Å². The van der Waals surface area contributed by atoms with Crippen molar-refractivity contribution < 1.29 is 54.1 Å². The number of hydrogen-bond acceptors (Lipinski definition) is 3. The number of nitrogens with one attached hydrogen (secondary N) is 1. The van der Waals surface area contributed by atoms with Gasteiger partial charge in [-0.25, -0.2) is 5.06 Å². The fourth-order valence-electron chi connectivity index (χ4n) is 2.67. The molecule has 1 radical (unpaired) electrons. The van der Waals surface area contributed by atoms with Crippen molar-refractivity contribution in [2.75, 3.05) is 0 Å². The van der Waals surface area contributed by atoms with Gasteiger partial charge in [0.15, 0.2) is 0 Å². The third-order valence-corrected chi connectivity index (χ3v) is 3.77. The van der Waals surface area contributed by atoms with Crippen LogP contribution >= 0.6 is 0 Å². The molecular formula is C17H18AcN2O2. The van der Waals surface area contributed by atoms with Gasteiger partial charge < -0.3 is 0 Å². The van der Waals surface area contributed by atoms with Crippen molar-refractivity contribution in [2.45, 2.75) is 25.0 Å². The van der Waals surface area contributed by atoms with Crippen molar-refractivity contribution in [3.8, 4) is 0 Å². The fourth-order valence-corrected chi connectivity index (χ4v) is 2.67. The Morgan fingerprint density at radius 2 is 1.41 bits per heavy atom. The Morgan fingerprint density at radius 3 is 1.95 bits per heavy atom. The van der Waals surface area contributed by atoms with Crippen molar-refractivity contribution >= 4 is 5.91 Å². The molecule has 4 nitrogen and oxygen atoms in total. The molecule has 1 aliphatic rings. The molecule has 1 fully saturated rings. The zero-order chi connectivity index (χ0) is 14.7. The summed E-state index contributed by atoms with van der Waals surface area (Å²) in [6.45, 7) is 0. The molecule has 2 atom stereocenters. The number of amides is 1. The minimum atomic E-state index is -0.369. The number of hydroxylamine groups is 2. The van der Waals surface area contributed by atoms with Gasteiger partial charge in [0.05, 0.1) is 6.04 Å². The normalized spacial score (nSPS) is 20.8. The van der Waals surface area contributed by atoms with Crippen LogP contribution in [0.3, 0.4) is 0 Å². The molecule has 5 heteroatoms. The first kappa shape index (κ1) is 17.6. The van der Waals surface area contributed by atoms with Crippen LogP contribution in [-0.2, 0) is 17.6 Å². The number of rotatable bonds is 4. The van der Waals surface area contributed by atoms with Gasteiger partial charge in [-0.05, 0) is 17.5 Å². The minimum absolute atomic E-state index is 0. The molecular weight excluding hydrogens is 491 g/mol. The number of carbonyl (C=O) groups excluding carboxylic acids is 1. The predicted molar refractivity (Wildman–Crippen MR) is 79.6 cm³/mol. The van der Waals surface area contributed by atoms with E-state index in [1.807, 2.05) is 60.7 Å². The largest absolute Gasteiger partial charge is 0.284 e. The maximum atomic E-state index is 12.1. The first-order chi connectivity index (χ1) is 10.2. The second-order valence-corrected chi connectivity index (χ2v) is 5.30. The molecule has 0 aliphatic carbocycles. The molecule has 2 unspecified atom stereocenters. The summed E-state index contributed by atoms with van der Waals surface area (Å²) in [5.41, 5.74) is 2.17. The third-order valence-electron chi connectivity index (χ3n) is 3.77. The van der Waals surface area contributed by atoms with Gasteiger partial charge in [0.25, 0.3) is 5.91 Å². The molecule has 1 heterocycles. The van der Waals surface area contributed by atoms with E-state index in [1.54, 1.807) is 0 Å². The van der Waals surface area contributed by atoms with Gasteiger partial charge in [0.2, 0.25) is 0 Å². The van der Waals surface area contributed by atoms with Crippen molar-refractivity contribution in [3.63, 3.8) is 0 Å². The molecule has 0 spiro atoms. The SMILES string of the molecule is O=C1C(Cc2ccccc2)NC(Cc2ccccc2)N1O.[Ac]. The van der Waals surface area contributed by atoms with Crippen LogP contribution in [0.1, 0.15) is 11.1 Å². The third kappa shape index (κ3) is 4.17. The van der Waals surface area contributed by atoms with Gasteiger partial charge in [-0.2, -0.15) is 0 Å². The summed E-state index contributed by atoms with van der Waals surface area (Å²) in [7, 11) is 0. The van der Waals surface area contributed by atoms with E-state index in [0.717, 1.165) is 16.2 Å². The molecule has 22 heavy (non-hydrogen) atoms. The van der Waals surface area contributed by atoms with Gasteiger partial charge in [0.1, 0.15) is 6.17 Å². The molecule has 2 aromatic rings. The van der Waals surface area contributed by atoms with E-state index in [4.69, 9.17) is 0 Å². The summed E-state index contributed by atoms with van der Waals surface area (Å²) in [5, 5.41) is 14.0. The first-order valence-corrected chi connectivity index (χ1v) is 7.10. The van der Waals surface area contributed by atoms with Crippen LogP contribution in [0.4, 0.5) is 0 Å². The maximum Gasteiger partial charge on any atom is 0.264 e. The average Bonchev–Trinajstić information content (AvgIpc) is 2.78. The van der Waals surface area contributed by atoms with Crippen LogP contribution in [0.25, 0.3) is 0 Å². The Morgan fingerprint density at radius 1 is 0.909 bits per heavy atom. The number of nitrogens with zero attached hydrogens (tertiary/aromatic N) is 1. The Bertz CT molecular complexity index is 607. The van der Waals surface area contributed by atoms with Crippen LogP contribution in [0.15, 0.2) is 60.7 Å². The number of benzene rings is 2.